The molecule has 1 amide bonds. The van der Waals surface area contributed by atoms with Gasteiger partial charge in [-0.3, -0.25) is 14.6 Å². The zero-order valence-electron chi connectivity index (χ0n) is 16.7. The monoisotopic (exact) mass is 391 g/mol. The van der Waals surface area contributed by atoms with Gasteiger partial charge in [-0.2, -0.15) is 0 Å². The molecule has 1 aliphatic heterocycles. The van der Waals surface area contributed by atoms with E-state index in [4.69, 9.17) is 0 Å². The number of rotatable bonds is 8. The van der Waals surface area contributed by atoms with Crippen LogP contribution in [0.3, 0.4) is 0 Å². The highest BCUT2D eigenvalue weighted by molar-refractivity contribution is 6.14. The Hall–Kier alpha value is -3.25. The van der Waals surface area contributed by atoms with Gasteiger partial charge in [0.1, 0.15) is 0 Å². The molecule has 0 bridgehead atoms. The predicted octanol–water partition coefficient (Wildman–Crippen LogP) is 3.01. The van der Waals surface area contributed by atoms with Crippen LogP contribution in [0.1, 0.15) is 23.6 Å². The van der Waals surface area contributed by atoms with Gasteiger partial charge >= 0.3 is 0 Å². The van der Waals surface area contributed by atoms with E-state index in [0.717, 1.165) is 18.5 Å². The molecule has 6 heteroatoms. The van der Waals surface area contributed by atoms with Crippen molar-refractivity contribution in [1.29, 1.82) is 0 Å². The van der Waals surface area contributed by atoms with Crippen molar-refractivity contribution >= 4 is 17.8 Å². The molecule has 2 aromatic rings. The van der Waals surface area contributed by atoms with E-state index in [1.54, 1.807) is 29.4 Å². The van der Waals surface area contributed by atoms with Gasteiger partial charge in [0.15, 0.2) is 11.5 Å². The zero-order chi connectivity index (χ0) is 20.8. The third-order valence-electron chi connectivity index (χ3n) is 4.80. The number of nitrogens with zero attached hydrogens (tertiary/aromatic N) is 3. The van der Waals surface area contributed by atoms with E-state index < -0.39 is 17.7 Å². The summed E-state index contributed by atoms with van der Waals surface area (Å²) in [5, 5.41) is 10.5. The van der Waals surface area contributed by atoms with Gasteiger partial charge in [-0.05, 0) is 50.3 Å². The van der Waals surface area contributed by atoms with E-state index >= 15 is 0 Å². The van der Waals surface area contributed by atoms with Crippen LogP contribution in [0, 0.1) is 0 Å². The number of hydrogen-bond donors (Lipinski definition) is 1. The lowest BCUT2D eigenvalue weighted by atomic mass is 9.96. The van der Waals surface area contributed by atoms with Crippen LogP contribution in [-0.2, 0) is 9.59 Å². The van der Waals surface area contributed by atoms with Crippen molar-refractivity contribution in [3.63, 3.8) is 0 Å². The lowest BCUT2D eigenvalue weighted by Crippen LogP contribution is -2.33. The van der Waals surface area contributed by atoms with Crippen molar-refractivity contribution in [2.75, 3.05) is 27.2 Å². The van der Waals surface area contributed by atoms with Gasteiger partial charge in [0.2, 0.25) is 0 Å². The average Bonchev–Trinajstić information content (AvgIpc) is 2.98. The molecule has 1 aromatic carbocycles. The first-order valence-corrected chi connectivity index (χ1v) is 9.55. The molecule has 3 rings (SSSR count). The van der Waals surface area contributed by atoms with Crippen LogP contribution in [0.15, 0.2) is 72.3 Å². The minimum absolute atomic E-state index is 0.0973. The Kier molecular flexibility index (Phi) is 6.57. The Labute approximate surface area is 170 Å². The molecule has 29 heavy (non-hydrogen) atoms. The maximum atomic E-state index is 13.0. The lowest BCUT2D eigenvalue weighted by molar-refractivity contribution is -0.129. The number of aromatic nitrogens is 1. The van der Waals surface area contributed by atoms with Crippen LogP contribution in [0.2, 0.25) is 0 Å². The van der Waals surface area contributed by atoms with Crippen molar-refractivity contribution in [2.24, 2.45) is 0 Å². The number of carbonyl (C=O) groups excluding carboxylic acids is 2. The summed E-state index contributed by atoms with van der Waals surface area (Å²) >= 11 is 0. The van der Waals surface area contributed by atoms with Crippen molar-refractivity contribution in [2.45, 2.75) is 12.5 Å². The second kappa shape index (κ2) is 9.30. The summed E-state index contributed by atoms with van der Waals surface area (Å²) in [7, 11) is 3.92. The van der Waals surface area contributed by atoms with Gasteiger partial charge < -0.3 is 14.9 Å². The summed E-state index contributed by atoms with van der Waals surface area (Å²) in [6.07, 6.45) is 7.08. The van der Waals surface area contributed by atoms with Crippen LogP contribution >= 0.6 is 0 Å². The van der Waals surface area contributed by atoms with E-state index in [-0.39, 0.29) is 11.4 Å². The topological polar surface area (TPSA) is 73.7 Å². The van der Waals surface area contributed by atoms with Crippen molar-refractivity contribution in [3.05, 3.63) is 83.4 Å². The number of benzene rings is 1. The zero-order valence-corrected chi connectivity index (χ0v) is 16.7. The molecule has 0 radical (unpaired) electrons. The molecule has 1 N–H and O–H groups in total. The number of hydrogen-bond acceptors (Lipinski definition) is 5. The second-order valence-electron chi connectivity index (χ2n) is 7.21. The third-order valence-corrected chi connectivity index (χ3v) is 4.80. The molecule has 0 aliphatic carbocycles. The summed E-state index contributed by atoms with van der Waals surface area (Å²) in [4.78, 5) is 33.4. The fourth-order valence-electron chi connectivity index (χ4n) is 3.40. The van der Waals surface area contributed by atoms with E-state index in [1.165, 1.54) is 6.08 Å². The minimum atomic E-state index is -0.647. The number of pyridine rings is 1. The number of ketones is 1. The first-order valence-electron chi connectivity index (χ1n) is 9.55. The Morgan fingerprint density at radius 2 is 1.97 bits per heavy atom. The van der Waals surface area contributed by atoms with Crippen molar-refractivity contribution < 1.29 is 14.7 Å². The quantitative estimate of drug-likeness (QED) is 0.701. The van der Waals surface area contributed by atoms with Crippen LogP contribution in [0.4, 0.5) is 0 Å². The van der Waals surface area contributed by atoms with E-state index in [1.807, 2.05) is 55.4 Å². The molecule has 150 valence electrons. The Bertz CT molecular complexity index is 921. The highest BCUT2D eigenvalue weighted by Crippen LogP contribution is 2.37. The summed E-state index contributed by atoms with van der Waals surface area (Å²) < 4.78 is 0. The Morgan fingerprint density at radius 3 is 2.62 bits per heavy atom. The molecular weight excluding hydrogens is 366 g/mol. The molecule has 1 atom stereocenters. The van der Waals surface area contributed by atoms with Crippen LogP contribution < -0.4 is 0 Å². The largest absolute Gasteiger partial charge is 0.503 e. The highest BCUT2D eigenvalue weighted by atomic mass is 16.3. The summed E-state index contributed by atoms with van der Waals surface area (Å²) in [6.45, 7) is 1.22. The molecule has 0 spiro atoms. The van der Waals surface area contributed by atoms with Crippen molar-refractivity contribution in [1.82, 2.24) is 14.8 Å². The predicted molar refractivity (Wildman–Crippen MR) is 112 cm³/mol. The minimum Gasteiger partial charge on any atom is -0.503 e. The number of aliphatic hydroxyl groups excluding tert-OH is 1. The molecule has 1 unspecified atom stereocenters. The average molecular weight is 391 g/mol. The van der Waals surface area contributed by atoms with Gasteiger partial charge in [0.05, 0.1) is 11.6 Å². The number of amides is 1. The molecule has 0 saturated carbocycles. The Balaban J connectivity index is 1.91. The maximum Gasteiger partial charge on any atom is 0.290 e. The fourth-order valence-corrected chi connectivity index (χ4v) is 3.40. The van der Waals surface area contributed by atoms with Crippen LogP contribution in [-0.4, -0.2) is 58.8 Å². The lowest BCUT2D eigenvalue weighted by Gasteiger charge is -2.26. The first-order chi connectivity index (χ1) is 14.0. The molecule has 2 heterocycles. The summed E-state index contributed by atoms with van der Waals surface area (Å²) in [5.41, 5.74) is 1.66. The van der Waals surface area contributed by atoms with Crippen LogP contribution in [0.25, 0.3) is 6.08 Å². The van der Waals surface area contributed by atoms with E-state index in [9.17, 15) is 14.7 Å². The smallest absolute Gasteiger partial charge is 0.290 e. The summed E-state index contributed by atoms with van der Waals surface area (Å²) in [5.74, 6) is -1.39. The third kappa shape index (κ3) is 4.78. The number of allylic oxidation sites excluding steroid dienone is 1. The molecule has 0 saturated heterocycles. The van der Waals surface area contributed by atoms with Gasteiger partial charge in [0.25, 0.3) is 5.91 Å². The molecular formula is C23H25N3O3. The van der Waals surface area contributed by atoms with E-state index in [0.29, 0.717) is 12.1 Å². The SMILES string of the molecule is CN(C)CCCN1C(=O)C(O)=C(C(=O)C=Cc2ccccc2)C1c1cccnc1. The molecule has 1 aromatic heterocycles. The van der Waals surface area contributed by atoms with E-state index in [2.05, 4.69) is 4.98 Å². The highest BCUT2D eigenvalue weighted by Gasteiger charge is 2.42. The molecule has 1 aliphatic rings. The first kappa shape index (κ1) is 20.5. The van der Waals surface area contributed by atoms with Gasteiger partial charge in [-0.1, -0.05) is 42.5 Å². The normalized spacial score (nSPS) is 17.0. The number of carbonyl (C=O) groups is 2. The van der Waals surface area contributed by atoms with Crippen molar-refractivity contribution in [3.8, 4) is 0 Å². The van der Waals surface area contributed by atoms with Gasteiger partial charge in [0, 0.05) is 18.9 Å². The fraction of sp³-hybridized carbons (Fsp3) is 0.261. The maximum absolute atomic E-state index is 13.0. The molecule has 6 nitrogen and oxygen atoms in total. The standard InChI is InChI=1S/C23H25N3O3/c1-25(2)14-7-15-26-21(18-10-6-13-24-16-18)20(22(28)23(26)29)19(27)12-11-17-8-4-3-5-9-17/h3-6,8-13,16,21,28H,7,14-15H2,1-2H3. The van der Waals surface area contributed by atoms with Crippen LogP contribution in [0.5, 0.6) is 0 Å². The summed E-state index contributed by atoms with van der Waals surface area (Å²) in [6, 6.07) is 12.3. The van der Waals surface area contributed by atoms with Gasteiger partial charge in [-0.25, -0.2) is 0 Å². The number of aliphatic hydroxyl groups is 1. The second-order valence-corrected chi connectivity index (χ2v) is 7.21. The Morgan fingerprint density at radius 1 is 1.21 bits per heavy atom. The molecule has 0 fully saturated rings. The van der Waals surface area contributed by atoms with Gasteiger partial charge in [-0.15, -0.1) is 0 Å².